The topological polar surface area (TPSA) is 69.6 Å². The van der Waals surface area contributed by atoms with Gasteiger partial charge in [0.1, 0.15) is 4.99 Å². The molecule has 19 heavy (non-hydrogen) atoms. The Kier molecular flexibility index (Phi) is 3.36. The quantitative estimate of drug-likeness (QED) is 0.847. The Morgan fingerprint density at radius 1 is 1.00 bits per heavy atom. The van der Waals surface area contributed by atoms with Crippen LogP contribution in [0.2, 0.25) is 0 Å². The highest BCUT2D eigenvalue weighted by Crippen LogP contribution is 2.21. The monoisotopic (exact) mass is 275 g/mol. The molecule has 2 N–H and O–H groups in total. The van der Waals surface area contributed by atoms with Crippen LogP contribution < -0.4 is 5.73 Å². The van der Waals surface area contributed by atoms with Gasteiger partial charge in [-0.1, -0.05) is 12.2 Å². The number of nitrogens with two attached hydrogens (primary N) is 1. The first-order chi connectivity index (χ1) is 8.84. The molecule has 0 aromatic carbocycles. The zero-order valence-electron chi connectivity index (χ0n) is 11.8. The molecule has 0 bridgehead atoms. The van der Waals surface area contributed by atoms with Crippen molar-refractivity contribution in [1.82, 2.24) is 20.0 Å². The molecule has 0 aliphatic rings. The molecule has 2 aromatic rings. The van der Waals surface area contributed by atoms with Crippen LogP contribution in [0, 0.1) is 34.6 Å². The highest BCUT2D eigenvalue weighted by molar-refractivity contribution is 7.80. The van der Waals surface area contributed by atoms with Crippen molar-refractivity contribution >= 4 is 17.2 Å². The molecular weight excluding hydrogens is 258 g/mol. The molecule has 100 valence electrons. The van der Waals surface area contributed by atoms with Gasteiger partial charge in [-0.3, -0.25) is 0 Å². The van der Waals surface area contributed by atoms with Crippen molar-refractivity contribution in [1.29, 1.82) is 0 Å². The Hall–Kier alpha value is -1.82. The standard InChI is InChI=1S/C13H17N5S/c1-6-9(4)17-18(10(6)5)13-11(12(14)19)7(2)8(3)15-16-13/h1-5H3,(H2,14,19). The third-order valence-corrected chi connectivity index (χ3v) is 3.74. The second-order valence-corrected chi connectivity index (χ2v) is 5.12. The molecule has 0 aliphatic heterocycles. The molecule has 0 saturated heterocycles. The molecule has 0 spiro atoms. The maximum absolute atomic E-state index is 5.84. The van der Waals surface area contributed by atoms with E-state index in [1.165, 1.54) is 0 Å². The highest BCUT2D eigenvalue weighted by Gasteiger charge is 2.18. The maximum atomic E-state index is 5.84. The summed E-state index contributed by atoms with van der Waals surface area (Å²) < 4.78 is 1.76. The fourth-order valence-corrected chi connectivity index (χ4v) is 2.21. The van der Waals surface area contributed by atoms with Crippen LogP contribution in [-0.4, -0.2) is 25.0 Å². The van der Waals surface area contributed by atoms with Crippen molar-refractivity contribution in [3.63, 3.8) is 0 Å². The third-order valence-electron chi connectivity index (χ3n) is 3.54. The largest absolute Gasteiger partial charge is 0.389 e. The summed E-state index contributed by atoms with van der Waals surface area (Å²) in [6, 6.07) is 0. The van der Waals surface area contributed by atoms with Gasteiger partial charge in [-0.15, -0.1) is 5.10 Å². The lowest BCUT2D eigenvalue weighted by atomic mass is 10.1. The molecule has 2 heterocycles. The smallest absolute Gasteiger partial charge is 0.186 e. The van der Waals surface area contributed by atoms with Crippen molar-refractivity contribution in [2.45, 2.75) is 34.6 Å². The van der Waals surface area contributed by atoms with Gasteiger partial charge in [-0.2, -0.15) is 10.2 Å². The first-order valence-corrected chi connectivity index (χ1v) is 6.42. The molecule has 2 rings (SSSR count). The van der Waals surface area contributed by atoms with Gasteiger partial charge in [0.05, 0.1) is 17.0 Å². The average Bonchev–Trinajstić information content (AvgIpc) is 2.60. The molecule has 0 radical (unpaired) electrons. The van der Waals surface area contributed by atoms with Crippen LogP contribution in [-0.2, 0) is 0 Å². The number of hydrogen-bond acceptors (Lipinski definition) is 4. The number of aryl methyl sites for hydroxylation is 2. The predicted molar refractivity (Wildman–Crippen MR) is 78.7 cm³/mol. The van der Waals surface area contributed by atoms with Crippen molar-refractivity contribution in [3.8, 4) is 5.82 Å². The molecule has 0 unspecified atom stereocenters. The normalized spacial score (nSPS) is 10.8. The SMILES string of the molecule is Cc1nnc(-n2nc(C)c(C)c2C)c(C(N)=S)c1C. The van der Waals surface area contributed by atoms with E-state index in [1.807, 2.05) is 34.6 Å². The summed E-state index contributed by atoms with van der Waals surface area (Å²) in [6.45, 7) is 9.83. The minimum Gasteiger partial charge on any atom is -0.389 e. The summed E-state index contributed by atoms with van der Waals surface area (Å²) in [5.74, 6) is 0.601. The Morgan fingerprint density at radius 3 is 2.11 bits per heavy atom. The lowest BCUT2D eigenvalue weighted by molar-refractivity contribution is 0.769. The van der Waals surface area contributed by atoms with E-state index in [9.17, 15) is 0 Å². The Balaban J connectivity index is 2.79. The van der Waals surface area contributed by atoms with E-state index >= 15 is 0 Å². The minimum absolute atomic E-state index is 0.315. The molecule has 5 nitrogen and oxygen atoms in total. The summed E-state index contributed by atoms with van der Waals surface area (Å²) >= 11 is 5.15. The predicted octanol–water partition coefficient (Wildman–Crippen LogP) is 1.84. The van der Waals surface area contributed by atoms with E-state index in [4.69, 9.17) is 18.0 Å². The van der Waals surface area contributed by atoms with Gasteiger partial charge in [-0.25, -0.2) is 4.68 Å². The average molecular weight is 275 g/mol. The zero-order valence-corrected chi connectivity index (χ0v) is 12.6. The van der Waals surface area contributed by atoms with Crippen LogP contribution in [0.4, 0.5) is 0 Å². The zero-order chi connectivity index (χ0) is 14.3. The van der Waals surface area contributed by atoms with E-state index < -0.39 is 0 Å². The molecule has 0 fully saturated rings. The lowest BCUT2D eigenvalue weighted by Gasteiger charge is -2.12. The van der Waals surface area contributed by atoms with Crippen molar-refractivity contribution in [2.24, 2.45) is 5.73 Å². The number of aromatic nitrogens is 4. The number of rotatable bonds is 2. The summed E-state index contributed by atoms with van der Waals surface area (Å²) in [6.07, 6.45) is 0. The molecule has 0 atom stereocenters. The van der Waals surface area contributed by atoms with Crippen molar-refractivity contribution in [2.75, 3.05) is 0 Å². The second-order valence-electron chi connectivity index (χ2n) is 4.68. The minimum atomic E-state index is 0.315. The van der Waals surface area contributed by atoms with E-state index in [0.717, 1.165) is 33.8 Å². The van der Waals surface area contributed by atoms with Gasteiger partial charge < -0.3 is 5.73 Å². The molecule has 0 saturated carbocycles. The van der Waals surface area contributed by atoms with Gasteiger partial charge in [0.25, 0.3) is 0 Å². The first-order valence-electron chi connectivity index (χ1n) is 6.01. The Labute approximate surface area is 117 Å². The van der Waals surface area contributed by atoms with Crippen LogP contribution in [0.1, 0.15) is 33.8 Å². The van der Waals surface area contributed by atoms with Gasteiger partial charge in [0.2, 0.25) is 0 Å². The first kappa shape index (κ1) is 13.6. The van der Waals surface area contributed by atoms with Crippen LogP contribution in [0.3, 0.4) is 0 Å². The molecule has 0 aliphatic carbocycles. The van der Waals surface area contributed by atoms with E-state index in [0.29, 0.717) is 10.8 Å². The Bertz CT molecular complexity index is 672. The summed E-state index contributed by atoms with van der Waals surface area (Å²) in [5.41, 5.74) is 11.5. The molecule has 2 aromatic heterocycles. The van der Waals surface area contributed by atoms with E-state index in [-0.39, 0.29) is 0 Å². The van der Waals surface area contributed by atoms with E-state index in [1.54, 1.807) is 4.68 Å². The number of nitrogens with zero attached hydrogens (tertiary/aromatic N) is 4. The lowest BCUT2D eigenvalue weighted by Crippen LogP contribution is -2.19. The van der Waals surface area contributed by atoms with Crippen LogP contribution in [0.5, 0.6) is 0 Å². The van der Waals surface area contributed by atoms with Crippen molar-refractivity contribution in [3.05, 3.63) is 33.8 Å². The van der Waals surface area contributed by atoms with Gasteiger partial charge in [0, 0.05) is 5.69 Å². The van der Waals surface area contributed by atoms with Gasteiger partial charge >= 0.3 is 0 Å². The number of thiocarbonyl (C=S) groups is 1. The summed E-state index contributed by atoms with van der Waals surface area (Å²) in [5, 5.41) is 12.9. The maximum Gasteiger partial charge on any atom is 0.186 e. The summed E-state index contributed by atoms with van der Waals surface area (Å²) in [7, 11) is 0. The second kappa shape index (κ2) is 4.70. The fourth-order valence-electron chi connectivity index (χ4n) is 1.97. The fraction of sp³-hybridized carbons (Fsp3) is 0.385. The van der Waals surface area contributed by atoms with Crippen LogP contribution >= 0.6 is 12.2 Å². The van der Waals surface area contributed by atoms with Gasteiger partial charge in [0.15, 0.2) is 5.82 Å². The molecular formula is C13H17N5S. The third kappa shape index (κ3) is 2.12. The van der Waals surface area contributed by atoms with E-state index in [2.05, 4.69) is 15.3 Å². The Morgan fingerprint density at radius 2 is 1.63 bits per heavy atom. The van der Waals surface area contributed by atoms with Crippen LogP contribution in [0.25, 0.3) is 5.82 Å². The van der Waals surface area contributed by atoms with Crippen molar-refractivity contribution < 1.29 is 0 Å². The summed E-state index contributed by atoms with van der Waals surface area (Å²) in [4.78, 5) is 0.315. The van der Waals surface area contributed by atoms with Crippen LogP contribution in [0.15, 0.2) is 0 Å². The highest BCUT2D eigenvalue weighted by atomic mass is 32.1. The molecule has 0 amide bonds. The molecule has 6 heteroatoms. The van der Waals surface area contributed by atoms with Gasteiger partial charge in [-0.05, 0) is 45.7 Å². The number of hydrogen-bond donors (Lipinski definition) is 1.